The molecular formula is C75H148N12O. The van der Waals surface area contributed by atoms with Gasteiger partial charge in [-0.25, -0.2) is 10.4 Å². The molecule has 1 saturated carbocycles. The predicted octanol–water partition coefficient (Wildman–Crippen LogP) is 18.8. The second-order valence-electron chi connectivity index (χ2n) is 30.6. The molecule has 1 aromatic heterocycles. The number of nitrogens with one attached hydrogen (secondary N) is 5. The van der Waals surface area contributed by atoms with E-state index in [1.165, 1.54) is 173 Å². The average Bonchev–Trinajstić information content (AvgIpc) is 2.36. The van der Waals surface area contributed by atoms with Gasteiger partial charge in [-0.15, -0.1) is 0 Å². The van der Waals surface area contributed by atoms with Gasteiger partial charge in [-0.2, -0.15) is 15.0 Å². The average molecular weight is 1230 g/mol. The molecule has 13 heteroatoms. The molecule has 13 nitrogen and oxygen atoms in total. The number of nitrogens with zero attached hydrogens (tertiary/aromatic N) is 7. The summed E-state index contributed by atoms with van der Waals surface area (Å²) < 4.78 is 6.72. The zero-order valence-corrected chi connectivity index (χ0v) is 62.1. The molecule has 1 aromatic rings. The molecule has 514 valence electrons. The highest BCUT2D eigenvalue weighted by atomic mass is 16.5. The number of rotatable bonds is 51. The Hall–Kier alpha value is -2.87. The zero-order chi connectivity index (χ0) is 65.8. The second kappa shape index (κ2) is 43.1. The van der Waals surface area contributed by atoms with Gasteiger partial charge in [-0.3, -0.25) is 10.4 Å². The Balaban J connectivity index is 1.97. The van der Waals surface area contributed by atoms with Crippen molar-refractivity contribution in [3.63, 3.8) is 0 Å². The van der Waals surface area contributed by atoms with Crippen LogP contribution in [0.3, 0.4) is 0 Å². The minimum absolute atomic E-state index is 0.0437. The predicted molar refractivity (Wildman–Crippen MR) is 387 cm³/mol. The number of ether oxygens (including phenoxy) is 1. The fourth-order valence-corrected chi connectivity index (χ4v) is 13.8. The molecule has 0 aliphatic heterocycles. The van der Waals surface area contributed by atoms with E-state index >= 15 is 0 Å². The smallest absolute Gasteiger partial charge is 0.229 e. The van der Waals surface area contributed by atoms with Crippen molar-refractivity contribution in [2.45, 2.75) is 357 Å². The highest BCUT2D eigenvalue weighted by Crippen LogP contribution is 2.48. The van der Waals surface area contributed by atoms with E-state index in [9.17, 15) is 0 Å². The maximum absolute atomic E-state index is 6.72. The summed E-state index contributed by atoms with van der Waals surface area (Å²) in [6.07, 6.45) is 45.9. The number of aliphatic imine (C=N–C) groups is 2. The summed E-state index contributed by atoms with van der Waals surface area (Å²) in [7, 11) is 8.08. The molecule has 9 unspecified atom stereocenters. The summed E-state index contributed by atoms with van der Waals surface area (Å²) in [6.45, 7) is 44.7. The van der Waals surface area contributed by atoms with Gasteiger partial charge in [0.05, 0.1) is 18.2 Å². The number of hydrogen-bond acceptors (Lipinski definition) is 11. The molecule has 9 atom stereocenters. The van der Waals surface area contributed by atoms with Gasteiger partial charge in [-0.05, 0) is 156 Å². The van der Waals surface area contributed by atoms with E-state index < -0.39 is 5.60 Å². The van der Waals surface area contributed by atoms with Crippen LogP contribution in [0.4, 0.5) is 11.9 Å². The van der Waals surface area contributed by atoms with E-state index in [2.05, 4.69) is 161 Å². The fraction of sp³-hybridized carbons (Fsp3) is 0.907. The van der Waals surface area contributed by atoms with E-state index in [0.717, 1.165) is 74.2 Å². The van der Waals surface area contributed by atoms with Gasteiger partial charge in [0.1, 0.15) is 5.82 Å². The third-order valence-electron chi connectivity index (χ3n) is 21.1. The summed E-state index contributed by atoms with van der Waals surface area (Å²) in [5.74, 6) is 7.04. The fourth-order valence-electron chi connectivity index (χ4n) is 13.8. The summed E-state index contributed by atoms with van der Waals surface area (Å²) in [6, 6.07) is 0.205. The number of hydrogen-bond donors (Lipinski definition) is 5. The molecule has 5 N–H and O–H groups in total. The van der Waals surface area contributed by atoms with Gasteiger partial charge in [0.15, 0.2) is 6.17 Å². The van der Waals surface area contributed by atoms with Crippen molar-refractivity contribution in [1.29, 1.82) is 0 Å². The summed E-state index contributed by atoms with van der Waals surface area (Å²) in [5, 5.41) is 11.6. The van der Waals surface area contributed by atoms with Crippen LogP contribution in [0.1, 0.15) is 323 Å². The third kappa shape index (κ3) is 29.8. The Morgan fingerprint density at radius 2 is 1.15 bits per heavy atom. The minimum atomic E-state index is -0.460. The highest BCUT2D eigenvalue weighted by molar-refractivity contribution is 5.79. The van der Waals surface area contributed by atoms with Crippen molar-refractivity contribution < 1.29 is 4.74 Å². The molecule has 0 spiro atoms. The van der Waals surface area contributed by atoms with E-state index in [1.54, 1.807) is 0 Å². The lowest BCUT2D eigenvalue weighted by molar-refractivity contribution is -0.0549. The van der Waals surface area contributed by atoms with Crippen LogP contribution in [0.5, 0.6) is 0 Å². The number of unbranched alkanes of at least 4 members (excludes halogenated alkanes) is 18. The molecule has 0 bridgehead atoms. The van der Waals surface area contributed by atoms with Crippen LogP contribution in [-0.4, -0.2) is 115 Å². The van der Waals surface area contributed by atoms with Crippen molar-refractivity contribution in [2.24, 2.45) is 45.0 Å². The molecule has 88 heavy (non-hydrogen) atoms. The number of anilines is 2. The van der Waals surface area contributed by atoms with E-state index in [0.29, 0.717) is 24.4 Å². The standard InChI is InChI=1S/C75H148N12O/c1-23-29-31-43-49-61-53-54-62(50-44-39-35-33-38-42-48-57-78-84-70(87(21)22)81-66(76-18)71(9,10)55-25-3)64(63(61)51-45-32-30-24-2)52-46-40-36-34-37-41-47-56-77-65(26-4)75(17,28-6)67-80-68(83-69(82-67)86(19)20)79-60(8)74(15,16)88-58-59(7)73(13,14)85-72(11,12)27-5/h25,55,59-66,77-78,85H,18,23-24,26-54,56-58H2,1-17,19-22H3,(H,81,84)(H,79,80,82,83). The van der Waals surface area contributed by atoms with Crippen molar-refractivity contribution in [3.8, 4) is 0 Å². The van der Waals surface area contributed by atoms with Crippen LogP contribution < -0.4 is 31.7 Å². The molecule has 1 aliphatic rings. The van der Waals surface area contributed by atoms with Crippen molar-refractivity contribution in [3.05, 3.63) is 18.0 Å². The molecule has 0 amide bonds. The topological polar surface area (TPSA) is 139 Å². The first kappa shape index (κ1) is 81.2. The van der Waals surface area contributed by atoms with E-state index in [4.69, 9.17) is 24.7 Å². The number of hydrazine groups is 1. The van der Waals surface area contributed by atoms with Gasteiger partial charge in [0, 0.05) is 62.7 Å². The third-order valence-corrected chi connectivity index (χ3v) is 21.1. The molecule has 1 fully saturated rings. The SMILES string of the molecule is C=NC(N=C(NNCCCCCCCCCC1CCC(CCCCCC)C(CCCCCC)C1CCCCCCCCCNC(CC)C(C)(CC)c1nc(NC(C)C(C)(C)OCC(C)C(C)(C)NC(C)(C)CC)nc(N(C)C)n1)N(C)C)C(C)(C)C=CC. The van der Waals surface area contributed by atoms with Gasteiger partial charge >= 0.3 is 0 Å². The van der Waals surface area contributed by atoms with E-state index in [-0.39, 0.29) is 40.2 Å². The molecule has 0 radical (unpaired) electrons. The van der Waals surface area contributed by atoms with Crippen molar-refractivity contribution in [2.75, 3.05) is 58.1 Å². The largest absolute Gasteiger partial charge is 0.373 e. The van der Waals surface area contributed by atoms with Gasteiger partial charge in [-0.1, -0.05) is 216 Å². The minimum Gasteiger partial charge on any atom is -0.373 e. The van der Waals surface area contributed by atoms with Crippen molar-refractivity contribution >= 4 is 24.6 Å². The number of aromatic nitrogens is 3. The lowest BCUT2D eigenvalue weighted by Crippen LogP contribution is -2.56. The molecule has 2 rings (SSSR count). The first-order chi connectivity index (χ1) is 41.7. The maximum atomic E-state index is 6.72. The second-order valence-corrected chi connectivity index (χ2v) is 30.6. The Morgan fingerprint density at radius 1 is 0.648 bits per heavy atom. The van der Waals surface area contributed by atoms with Crippen LogP contribution in [0.15, 0.2) is 22.1 Å². The van der Waals surface area contributed by atoms with E-state index in [1.807, 2.05) is 44.9 Å². The number of allylic oxidation sites excluding steroid dienone is 1. The molecule has 0 saturated heterocycles. The molecule has 1 aliphatic carbocycles. The molecule has 0 aromatic carbocycles. The lowest BCUT2D eigenvalue weighted by Gasteiger charge is -2.44. The van der Waals surface area contributed by atoms with Crippen LogP contribution in [0.2, 0.25) is 0 Å². The van der Waals surface area contributed by atoms with Crippen LogP contribution >= 0.6 is 0 Å². The van der Waals surface area contributed by atoms with Crippen molar-refractivity contribution in [1.82, 2.24) is 41.3 Å². The Labute approximate surface area is 546 Å². The Bertz CT molecular complexity index is 2020. The first-order valence-corrected chi connectivity index (χ1v) is 36.9. The monoisotopic (exact) mass is 1230 g/mol. The Morgan fingerprint density at radius 3 is 1.61 bits per heavy atom. The zero-order valence-electron chi connectivity index (χ0n) is 62.1. The van der Waals surface area contributed by atoms with Gasteiger partial charge in [0.2, 0.25) is 17.9 Å². The Kier molecular flexibility index (Phi) is 39.8. The summed E-state index contributed by atoms with van der Waals surface area (Å²) in [4.78, 5) is 28.5. The van der Waals surface area contributed by atoms with Gasteiger partial charge < -0.3 is 30.5 Å². The van der Waals surface area contributed by atoms with Gasteiger partial charge in [0.25, 0.3) is 0 Å². The molecular weight excluding hydrogens is 1080 g/mol. The first-order valence-electron chi connectivity index (χ1n) is 36.9. The van der Waals surface area contributed by atoms with Crippen LogP contribution in [0.25, 0.3) is 0 Å². The normalized spacial score (nSPS) is 19.4. The number of guanidine groups is 1. The molecule has 1 heterocycles. The summed E-state index contributed by atoms with van der Waals surface area (Å²) >= 11 is 0. The summed E-state index contributed by atoms with van der Waals surface area (Å²) in [5.41, 5.74) is 5.84. The van der Waals surface area contributed by atoms with Crippen LogP contribution in [-0.2, 0) is 10.2 Å². The lowest BCUT2D eigenvalue weighted by atomic mass is 9.61. The quantitative estimate of drug-likeness (QED) is 0.0140. The highest BCUT2D eigenvalue weighted by Gasteiger charge is 2.40. The maximum Gasteiger partial charge on any atom is 0.229 e. The van der Waals surface area contributed by atoms with Crippen LogP contribution in [0, 0.1) is 35.0 Å².